The monoisotopic (exact) mass is 390 g/mol. The molecule has 2 heteroatoms. The SMILES string of the molecule is CCCCC[CH2][Sn]([I])([CH2]C)[CH2]C. The normalized spacial score (nSPS) is 12.0. The summed E-state index contributed by atoms with van der Waals surface area (Å²) in [5, 5.41) is 0. The van der Waals surface area contributed by atoms with Crippen molar-refractivity contribution >= 4 is 33.0 Å². The maximum atomic E-state index is 2.86. The predicted molar refractivity (Wildman–Crippen MR) is 69.7 cm³/mol. The van der Waals surface area contributed by atoms with E-state index in [0.717, 1.165) is 0 Å². The molecule has 12 heavy (non-hydrogen) atoms. The summed E-state index contributed by atoms with van der Waals surface area (Å²) in [6, 6.07) is 0. The Bertz CT molecular complexity index is 100. The minimum absolute atomic E-state index is 1.38. The third-order valence-corrected chi connectivity index (χ3v) is 27.4. The molecule has 0 heterocycles. The second kappa shape index (κ2) is 7.89. The Balaban J connectivity index is 3.45. The molecule has 0 N–H and O–H groups in total. The van der Waals surface area contributed by atoms with E-state index < -0.39 is 14.4 Å². The van der Waals surface area contributed by atoms with Gasteiger partial charge in [-0.1, -0.05) is 0 Å². The van der Waals surface area contributed by atoms with Gasteiger partial charge < -0.3 is 0 Å². The molecule has 0 radical (unpaired) electrons. The Kier molecular flexibility index (Phi) is 8.89. The molecule has 0 aliphatic rings. The molecule has 0 spiro atoms. The first-order valence-electron chi connectivity index (χ1n) is 5.37. The van der Waals surface area contributed by atoms with Crippen LogP contribution in [0.25, 0.3) is 0 Å². The molecule has 0 fully saturated rings. The second-order valence-corrected chi connectivity index (χ2v) is 31.1. The van der Waals surface area contributed by atoms with E-state index >= 15 is 0 Å². The third kappa shape index (κ3) is 6.05. The molecule has 0 atom stereocenters. The Morgan fingerprint density at radius 3 is 1.92 bits per heavy atom. The van der Waals surface area contributed by atoms with Crippen molar-refractivity contribution in [1.82, 2.24) is 0 Å². The molecule has 0 unspecified atom stereocenters. The summed E-state index contributed by atoms with van der Waals surface area (Å²) in [5.41, 5.74) is 0. The van der Waals surface area contributed by atoms with Crippen molar-refractivity contribution in [3.8, 4) is 0 Å². The molecule has 0 rings (SSSR count). The Morgan fingerprint density at radius 1 is 0.917 bits per heavy atom. The molecular formula is C10H23ISn. The molecule has 0 aromatic heterocycles. The number of hydrogen-bond donors (Lipinski definition) is 0. The van der Waals surface area contributed by atoms with Crippen LogP contribution in [0, 0.1) is 0 Å². The fraction of sp³-hybridized carbons (Fsp3) is 1.00. The standard InChI is InChI=1S/C6H13.2C2H5.HI.Sn/c1-3-5-6-4-2;2*1-2;;/h1,3-6H2,2H3;2*1H2,2H3;1H;/q;;;;+1/p-1. The van der Waals surface area contributed by atoms with Crippen molar-refractivity contribution < 1.29 is 0 Å². The van der Waals surface area contributed by atoms with Gasteiger partial charge in [0, 0.05) is 0 Å². The first-order valence-corrected chi connectivity index (χ1v) is 19.7. The second-order valence-electron chi connectivity index (χ2n) is 3.67. The Labute approximate surface area is 92.0 Å². The van der Waals surface area contributed by atoms with Gasteiger partial charge in [-0.2, -0.15) is 0 Å². The molecule has 0 bridgehead atoms. The zero-order chi connectivity index (χ0) is 9.45. The van der Waals surface area contributed by atoms with Crippen LogP contribution in [-0.4, -0.2) is 14.4 Å². The zero-order valence-electron chi connectivity index (χ0n) is 8.83. The maximum absolute atomic E-state index is 2.86. The summed E-state index contributed by atoms with van der Waals surface area (Å²) in [5.74, 6) is 0. The van der Waals surface area contributed by atoms with E-state index in [9.17, 15) is 0 Å². The topological polar surface area (TPSA) is 0 Å². The summed E-state index contributed by atoms with van der Waals surface area (Å²) >= 11 is 1.38. The molecule has 0 saturated carbocycles. The van der Waals surface area contributed by atoms with Gasteiger partial charge >= 0.3 is 92.8 Å². The Morgan fingerprint density at radius 2 is 1.50 bits per heavy atom. The van der Waals surface area contributed by atoms with Gasteiger partial charge in [0.1, 0.15) is 0 Å². The van der Waals surface area contributed by atoms with Crippen molar-refractivity contribution in [3.63, 3.8) is 0 Å². The van der Waals surface area contributed by atoms with Crippen LogP contribution in [0.2, 0.25) is 13.3 Å². The Hall–Kier alpha value is 1.53. The van der Waals surface area contributed by atoms with Crippen molar-refractivity contribution in [2.75, 3.05) is 0 Å². The average molecular weight is 389 g/mol. The van der Waals surface area contributed by atoms with Gasteiger partial charge in [-0.25, -0.2) is 0 Å². The van der Waals surface area contributed by atoms with Crippen LogP contribution in [0.3, 0.4) is 0 Å². The number of rotatable bonds is 7. The summed E-state index contributed by atoms with van der Waals surface area (Å²) < 4.78 is 4.71. The first-order chi connectivity index (χ1) is 5.68. The average Bonchev–Trinajstić information content (AvgIpc) is 2.12. The molecule has 0 amide bonds. The fourth-order valence-electron chi connectivity index (χ4n) is 1.47. The van der Waals surface area contributed by atoms with Crippen LogP contribution >= 0.6 is 18.6 Å². The van der Waals surface area contributed by atoms with Gasteiger partial charge in [-0.15, -0.1) is 0 Å². The molecule has 0 aliphatic carbocycles. The van der Waals surface area contributed by atoms with Crippen molar-refractivity contribution in [2.24, 2.45) is 0 Å². The summed E-state index contributed by atoms with van der Waals surface area (Å²) in [7, 11) is 0. The number of unbranched alkanes of at least 4 members (excludes halogenated alkanes) is 3. The van der Waals surface area contributed by atoms with Crippen LogP contribution in [0.4, 0.5) is 0 Å². The predicted octanol–water partition coefficient (Wildman–Crippen LogP) is 4.99. The van der Waals surface area contributed by atoms with Crippen LogP contribution < -0.4 is 0 Å². The van der Waals surface area contributed by atoms with E-state index in [1.165, 1.54) is 34.6 Å². The van der Waals surface area contributed by atoms with Gasteiger partial charge in [0.25, 0.3) is 0 Å². The van der Waals surface area contributed by atoms with E-state index in [1.807, 2.05) is 0 Å². The summed E-state index contributed by atoms with van der Waals surface area (Å²) in [6.07, 6.45) is 5.83. The number of halogens is 1. The first kappa shape index (κ1) is 13.5. The van der Waals surface area contributed by atoms with Gasteiger partial charge in [-0.3, -0.25) is 0 Å². The van der Waals surface area contributed by atoms with Crippen molar-refractivity contribution in [3.05, 3.63) is 0 Å². The molecule has 0 nitrogen and oxygen atoms in total. The molecule has 0 aromatic carbocycles. The van der Waals surface area contributed by atoms with Gasteiger partial charge in [0.05, 0.1) is 0 Å². The molecule has 74 valence electrons. The van der Waals surface area contributed by atoms with E-state index in [4.69, 9.17) is 0 Å². The quantitative estimate of drug-likeness (QED) is 0.327. The summed E-state index contributed by atoms with van der Waals surface area (Å²) in [4.78, 5) is 0. The van der Waals surface area contributed by atoms with Crippen LogP contribution in [0.15, 0.2) is 0 Å². The summed E-state index contributed by atoms with van der Waals surface area (Å²) in [6.45, 7) is 7.11. The number of hydrogen-bond acceptors (Lipinski definition) is 0. The van der Waals surface area contributed by atoms with Crippen molar-refractivity contribution in [2.45, 2.75) is 59.8 Å². The minimum atomic E-state index is -1.48. The molecule has 0 aromatic rings. The fourth-order valence-corrected chi connectivity index (χ4v) is 10.00. The van der Waals surface area contributed by atoms with Gasteiger partial charge in [0.15, 0.2) is 0 Å². The van der Waals surface area contributed by atoms with E-state index in [2.05, 4.69) is 39.4 Å². The molecular weight excluding hydrogens is 366 g/mol. The van der Waals surface area contributed by atoms with Crippen LogP contribution in [0.5, 0.6) is 0 Å². The van der Waals surface area contributed by atoms with Crippen molar-refractivity contribution in [1.29, 1.82) is 0 Å². The molecule has 0 aliphatic heterocycles. The van der Waals surface area contributed by atoms with E-state index in [0.29, 0.717) is 0 Å². The zero-order valence-corrected chi connectivity index (χ0v) is 13.8. The molecule has 0 saturated heterocycles. The van der Waals surface area contributed by atoms with Gasteiger partial charge in [0.2, 0.25) is 0 Å². The van der Waals surface area contributed by atoms with E-state index in [1.54, 1.807) is 4.44 Å². The van der Waals surface area contributed by atoms with Crippen LogP contribution in [0.1, 0.15) is 46.5 Å². The van der Waals surface area contributed by atoms with E-state index in [-0.39, 0.29) is 0 Å². The van der Waals surface area contributed by atoms with Gasteiger partial charge in [-0.05, 0) is 0 Å². The third-order valence-electron chi connectivity index (χ3n) is 2.75. The van der Waals surface area contributed by atoms with Crippen LogP contribution in [-0.2, 0) is 0 Å².